The zero-order valence-electron chi connectivity index (χ0n) is 12.1. The second kappa shape index (κ2) is 4.42. The van der Waals surface area contributed by atoms with Crippen molar-refractivity contribution >= 4 is 21.7 Å². The summed E-state index contributed by atoms with van der Waals surface area (Å²) in [6.07, 6.45) is 6.38. The Morgan fingerprint density at radius 1 is 0.857 bits per heavy atom. The minimum atomic E-state index is 0.888. The Balaban J connectivity index is 1.86. The molecule has 0 atom stereocenters. The Morgan fingerprint density at radius 3 is 2.57 bits per heavy atom. The molecule has 2 aromatic carbocycles. The Bertz CT molecular complexity index is 946. The molecule has 0 aliphatic heterocycles. The van der Waals surface area contributed by atoms with Crippen molar-refractivity contribution in [3.8, 4) is 11.4 Å². The molecule has 0 bridgehead atoms. The number of ether oxygens (including phenoxy) is 1. The van der Waals surface area contributed by atoms with Crippen LogP contribution in [0.15, 0.2) is 61.1 Å². The summed E-state index contributed by atoms with van der Waals surface area (Å²) in [6, 6.07) is 14.8. The van der Waals surface area contributed by atoms with Crippen LogP contribution in [0.5, 0.6) is 5.75 Å². The zero-order chi connectivity index (χ0) is 14.4. The quantitative estimate of drug-likeness (QED) is 0.538. The third-order valence-electron chi connectivity index (χ3n) is 4.02. The molecule has 4 rings (SSSR count). The Kier molecular flexibility index (Phi) is 2.54. The highest BCUT2D eigenvalue weighted by Gasteiger charge is 2.04. The van der Waals surface area contributed by atoms with Gasteiger partial charge in [0.25, 0.3) is 0 Å². The lowest BCUT2D eigenvalue weighted by Gasteiger charge is -2.03. The van der Waals surface area contributed by atoms with Crippen molar-refractivity contribution in [2.24, 2.45) is 7.05 Å². The van der Waals surface area contributed by atoms with Crippen LogP contribution < -0.4 is 4.74 Å². The molecule has 21 heavy (non-hydrogen) atoms. The van der Waals surface area contributed by atoms with Crippen LogP contribution in [0.3, 0.4) is 0 Å². The molecule has 0 fully saturated rings. The topological polar surface area (TPSA) is 19.1 Å². The summed E-state index contributed by atoms with van der Waals surface area (Å²) in [6.45, 7) is 0. The third-order valence-corrected chi connectivity index (χ3v) is 4.02. The lowest BCUT2D eigenvalue weighted by molar-refractivity contribution is 0.415. The van der Waals surface area contributed by atoms with Crippen LogP contribution in [0.1, 0.15) is 0 Å². The van der Waals surface area contributed by atoms with Crippen molar-refractivity contribution in [3.05, 3.63) is 61.1 Å². The summed E-state index contributed by atoms with van der Waals surface area (Å²) >= 11 is 0. The van der Waals surface area contributed by atoms with E-state index in [4.69, 9.17) is 4.74 Å². The molecule has 0 amide bonds. The summed E-state index contributed by atoms with van der Waals surface area (Å²) in [5.74, 6) is 0.888. The number of fused-ring (bicyclic) bond motifs is 2. The van der Waals surface area contributed by atoms with Crippen molar-refractivity contribution in [1.82, 2.24) is 9.13 Å². The first-order chi connectivity index (χ1) is 10.2. The largest absolute Gasteiger partial charge is 0.497 e. The molecule has 0 saturated heterocycles. The predicted octanol–water partition coefficient (Wildman–Crippen LogP) is 4.13. The normalized spacial score (nSPS) is 11.3. The number of benzene rings is 2. The van der Waals surface area contributed by atoms with Gasteiger partial charge in [-0.15, -0.1) is 0 Å². The lowest BCUT2D eigenvalue weighted by atomic mass is 10.2. The molecule has 2 heterocycles. The molecule has 0 radical (unpaired) electrons. The standard InChI is InChI=1S/C18H16N2O/c1-19-8-7-13-9-16(4-6-18(13)19)20-11-14-3-5-17(21-2)10-15(14)12-20/h3-12H,1-2H3. The Hall–Kier alpha value is -2.68. The fourth-order valence-corrected chi connectivity index (χ4v) is 2.82. The van der Waals surface area contributed by atoms with Crippen molar-refractivity contribution in [3.63, 3.8) is 0 Å². The predicted molar refractivity (Wildman–Crippen MR) is 86.3 cm³/mol. The summed E-state index contributed by atoms with van der Waals surface area (Å²) in [5.41, 5.74) is 2.42. The number of hydrogen-bond acceptors (Lipinski definition) is 1. The Labute approximate surface area is 123 Å². The maximum absolute atomic E-state index is 5.29. The van der Waals surface area contributed by atoms with E-state index in [1.54, 1.807) is 7.11 Å². The van der Waals surface area contributed by atoms with Crippen LogP contribution in [0.4, 0.5) is 0 Å². The van der Waals surface area contributed by atoms with Gasteiger partial charge in [0, 0.05) is 53.0 Å². The fraction of sp³-hybridized carbons (Fsp3) is 0.111. The molecule has 4 aromatic rings. The molecule has 3 heteroatoms. The first-order valence-electron chi connectivity index (χ1n) is 6.96. The van der Waals surface area contributed by atoms with Gasteiger partial charge in [-0.3, -0.25) is 0 Å². The molecule has 0 spiro atoms. The number of nitrogens with zero attached hydrogens (tertiary/aromatic N) is 2. The SMILES string of the molecule is COc1ccc2cn(-c3ccc4c(ccn4C)c3)cc2c1. The maximum Gasteiger partial charge on any atom is 0.119 e. The fourth-order valence-electron chi connectivity index (χ4n) is 2.82. The molecule has 0 aliphatic rings. The van der Waals surface area contributed by atoms with Gasteiger partial charge in [0.1, 0.15) is 5.75 Å². The molecular formula is C18H16N2O. The molecule has 0 saturated carbocycles. The van der Waals surface area contributed by atoms with E-state index in [9.17, 15) is 0 Å². The van der Waals surface area contributed by atoms with Gasteiger partial charge in [0.15, 0.2) is 0 Å². The molecule has 3 nitrogen and oxygen atoms in total. The van der Waals surface area contributed by atoms with E-state index in [0.29, 0.717) is 0 Å². The lowest BCUT2D eigenvalue weighted by Crippen LogP contribution is -1.90. The van der Waals surface area contributed by atoms with Gasteiger partial charge in [0.05, 0.1) is 7.11 Å². The highest BCUT2D eigenvalue weighted by atomic mass is 16.5. The first-order valence-corrected chi connectivity index (χ1v) is 6.96. The molecule has 0 N–H and O–H groups in total. The highest BCUT2D eigenvalue weighted by molar-refractivity contribution is 5.86. The van der Waals surface area contributed by atoms with Gasteiger partial charge in [-0.25, -0.2) is 0 Å². The van der Waals surface area contributed by atoms with Gasteiger partial charge in [-0.1, -0.05) is 0 Å². The van der Waals surface area contributed by atoms with Crippen LogP contribution >= 0.6 is 0 Å². The average Bonchev–Trinajstić information content (AvgIpc) is 3.10. The number of rotatable bonds is 2. The molecule has 104 valence electrons. The number of hydrogen-bond donors (Lipinski definition) is 0. The third kappa shape index (κ3) is 1.89. The monoisotopic (exact) mass is 276 g/mol. The second-order valence-electron chi connectivity index (χ2n) is 5.33. The van der Waals surface area contributed by atoms with Gasteiger partial charge in [-0.05, 0) is 42.5 Å². The van der Waals surface area contributed by atoms with Crippen LogP contribution in [0.2, 0.25) is 0 Å². The smallest absolute Gasteiger partial charge is 0.119 e. The van der Waals surface area contributed by atoms with Crippen molar-refractivity contribution in [2.75, 3.05) is 7.11 Å². The number of aromatic nitrogens is 2. The second-order valence-corrected chi connectivity index (χ2v) is 5.33. The summed E-state index contributed by atoms with van der Waals surface area (Å²) < 4.78 is 9.58. The van der Waals surface area contributed by atoms with E-state index in [0.717, 1.165) is 5.75 Å². The van der Waals surface area contributed by atoms with Crippen molar-refractivity contribution in [1.29, 1.82) is 0 Å². The summed E-state index contributed by atoms with van der Waals surface area (Å²) in [5, 5.41) is 3.65. The Morgan fingerprint density at radius 2 is 1.71 bits per heavy atom. The minimum Gasteiger partial charge on any atom is -0.497 e. The van der Waals surface area contributed by atoms with E-state index in [1.165, 1.54) is 27.4 Å². The molecule has 0 aliphatic carbocycles. The highest BCUT2D eigenvalue weighted by Crippen LogP contribution is 2.25. The van der Waals surface area contributed by atoms with E-state index < -0.39 is 0 Å². The van der Waals surface area contributed by atoms with E-state index in [1.807, 2.05) is 6.07 Å². The molecule has 2 aromatic heterocycles. The van der Waals surface area contributed by atoms with Gasteiger partial charge in [-0.2, -0.15) is 0 Å². The average molecular weight is 276 g/mol. The summed E-state index contributed by atoms with van der Waals surface area (Å²) in [4.78, 5) is 0. The number of methoxy groups -OCH3 is 1. The minimum absolute atomic E-state index is 0.888. The molecular weight excluding hydrogens is 260 g/mol. The summed E-state index contributed by atoms with van der Waals surface area (Å²) in [7, 11) is 3.76. The van der Waals surface area contributed by atoms with Gasteiger partial charge < -0.3 is 13.9 Å². The van der Waals surface area contributed by atoms with Crippen LogP contribution in [0, 0.1) is 0 Å². The van der Waals surface area contributed by atoms with Crippen molar-refractivity contribution < 1.29 is 4.74 Å². The van der Waals surface area contributed by atoms with Crippen molar-refractivity contribution in [2.45, 2.75) is 0 Å². The van der Waals surface area contributed by atoms with E-state index >= 15 is 0 Å². The van der Waals surface area contributed by atoms with Crippen LogP contribution in [-0.4, -0.2) is 16.2 Å². The van der Waals surface area contributed by atoms with Crippen LogP contribution in [0.25, 0.3) is 27.4 Å². The van der Waals surface area contributed by atoms with Crippen LogP contribution in [-0.2, 0) is 7.05 Å². The van der Waals surface area contributed by atoms with E-state index in [-0.39, 0.29) is 0 Å². The zero-order valence-corrected chi connectivity index (χ0v) is 12.1. The van der Waals surface area contributed by atoms with Gasteiger partial charge >= 0.3 is 0 Å². The van der Waals surface area contributed by atoms with Gasteiger partial charge in [0.2, 0.25) is 0 Å². The first kappa shape index (κ1) is 12.1. The molecule has 0 unspecified atom stereocenters. The maximum atomic E-state index is 5.29. The van der Waals surface area contributed by atoms with E-state index in [2.05, 4.69) is 71.2 Å². The number of aryl methyl sites for hydroxylation is 1.